The molecule has 0 bridgehead atoms. The second-order valence-electron chi connectivity index (χ2n) is 3.64. The van der Waals surface area contributed by atoms with Gasteiger partial charge in [0, 0.05) is 19.0 Å². The lowest BCUT2D eigenvalue weighted by molar-refractivity contribution is 0.811. The van der Waals surface area contributed by atoms with Gasteiger partial charge in [0.05, 0.1) is 5.69 Å². The van der Waals surface area contributed by atoms with E-state index in [4.69, 9.17) is 17.3 Å². The average Bonchev–Trinajstić information content (AvgIpc) is 2.59. The van der Waals surface area contributed by atoms with Gasteiger partial charge >= 0.3 is 0 Å². The van der Waals surface area contributed by atoms with Gasteiger partial charge in [0.15, 0.2) is 5.15 Å². The van der Waals surface area contributed by atoms with E-state index in [2.05, 4.69) is 4.98 Å². The fraction of sp³-hybridized carbons (Fsp3) is 0.250. The molecule has 1 aromatic heterocycles. The van der Waals surface area contributed by atoms with E-state index < -0.39 is 0 Å². The fourth-order valence-corrected chi connectivity index (χ4v) is 2.05. The summed E-state index contributed by atoms with van der Waals surface area (Å²) in [4.78, 5) is 4.37. The summed E-state index contributed by atoms with van der Waals surface area (Å²) >= 11 is 6.09. The van der Waals surface area contributed by atoms with Gasteiger partial charge in [-0.2, -0.15) is 0 Å². The Hall–Kier alpha value is -1.32. The van der Waals surface area contributed by atoms with Gasteiger partial charge in [-0.1, -0.05) is 41.9 Å². The minimum atomic E-state index is 0.548. The molecule has 0 aliphatic rings. The Labute approximate surface area is 99.9 Å². The molecule has 4 heteroatoms. The quantitative estimate of drug-likeness (QED) is 0.887. The van der Waals surface area contributed by atoms with Crippen LogP contribution >= 0.6 is 11.6 Å². The second-order valence-corrected chi connectivity index (χ2v) is 3.99. The number of rotatable bonds is 3. The molecule has 0 fully saturated rings. The number of imidazole rings is 1. The highest BCUT2D eigenvalue weighted by Gasteiger charge is 2.13. The monoisotopic (exact) mass is 235 g/mol. The van der Waals surface area contributed by atoms with Gasteiger partial charge in [-0.25, -0.2) is 4.98 Å². The zero-order valence-electron chi connectivity index (χ0n) is 9.15. The molecular weight excluding hydrogens is 222 g/mol. The van der Waals surface area contributed by atoms with Crippen LogP contribution in [-0.2, 0) is 13.5 Å². The van der Waals surface area contributed by atoms with Gasteiger partial charge in [-0.15, -0.1) is 0 Å². The average molecular weight is 236 g/mol. The Morgan fingerprint density at radius 1 is 1.31 bits per heavy atom. The van der Waals surface area contributed by atoms with Gasteiger partial charge < -0.3 is 10.3 Å². The summed E-state index contributed by atoms with van der Waals surface area (Å²) in [6.07, 6.45) is 0.745. The predicted molar refractivity (Wildman–Crippen MR) is 66.4 cm³/mol. The van der Waals surface area contributed by atoms with Crippen LogP contribution in [0.3, 0.4) is 0 Å². The van der Waals surface area contributed by atoms with Crippen molar-refractivity contribution >= 4 is 11.6 Å². The van der Waals surface area contributed by atoms with E-state index >= 15 is 0 Å². The summed E-state index contributed by atoms with van der Waals surface area (Å²) in [7, 11) is 1.96. The molecule has 0 aliphatic heterocycles. The Kier molecular flexibility index (Phi) is 3.27. The van der Waals surface area contributed by atoms with Crippen LogP contribution in [0.2, 0.25) is 5.15 Å². The lowest BCUT2D eigenvalue weighted by atomic mass is 10.2. The van der Waals surface area contributed by atoms with Crippen molar-refractivity contribution in [2.45, 2.75) is 6.42 Å². The number of aromatic nitrogens is 2. The number of hydrogen-bond acceptors (Lipinski definition) is 2. The first kappa shape index (κ1) is 11.2. The number of nitrogens with zero attached hydrogens (tertiary/aromatic N) is 2. The van der Waals surface area contributed by atoms with E-state index in [9.17, 15) is 0 Å². The molecule has 0 atom stereocenters. The molecule has 2 rings (SSSR count). The van der Waals surface area contributed by atoms with Crippen LogP contribution in [0.5, 0.6) is 0 Å². The third-order valence-corrected chi connectivity index (χ3v) is 2.88. The molecule has 0 spiro atoms. The number of benzene rings is 1. The van der Waals surface area contributed by atoms with Crippen molar-refractivity contribution in [2.75, 3.05) is 6.54 Å². The van der Waals surface area contributed by atoms with Crippen molar-refractivity contribution in [2.24, 2.45) is 12.8 Å². The second kappa shape index (κ2) is 4.68. The molecule has 84 valence electrons. The van der Waals surface area contributed by atoms with Gasteiger partial charge in [0.2, 0.25) is 0 Å². The van der Waals surface area contributed by atoms with Crippen molar-refractivity contribution in [1.82, 2.24) is 9.55 Å². The molecule has 3 nitrogen and oxygen atoms in total. The molecular formula is C12H14ClN3. The summed E-state index contributed by atoms with van der Waals surface area (Å²) in [5.41, 5.74) is 7.60. The molecule has 0 saturated carbocycles. The van der Waals surface area contributed by atoms with Crippen molar-refractivity contribution < 1.29 is 0 Å². The largest absolute Gasteiger partial charge is 0.330 e. The zero-order chi connectivity index (χ0) is 11.5. The van der Waals surface area contributed by atoms with Gasteiger partial charge in [-0.05, 0) is 6.54 Å². The molecule has 0 radical (unpaired) electrons. The SMILES string of the molecule is Cn1c(-c2ccccc2)nc(Cl)c1CCN. The maximum Gasteiger partial charge on any atom is 0.151 e. The Morgan fingerprint density at radius 2 is 2.00 bits per heavy atom. The van der Waals surface area contributed by atoms with Crippen LogP contribution in [-0.4, -0.2) is 16.1 Å². The van der Waals surface area contributed by atoms with Crippen molar-refractivity contribution in [3.8, 4) is 11.4 Å². The molecule has 0 amide bonds. The third kappa shape index (κ3) is 1.96. The van der Waals surface area contributed by atoms with Crippen molar-refractivity contribution in [3.63, 3.8) is 0 Å². The first-order valence-electron chi connectivity index (χ1n) is 5.20. The van der Waals surface area contributed by atoms with Gasteiger partial charge in [-0.3, -0.25) is 0 Å². The molecule has 2 aromatic rings. The molecule has 0 aliphatic carbocycles. The minimum Gasteiger partial charge on any atom is -0.330 e. The topological polar surface area (TPSA) is 43.8 Å². The van der Waals surface area contributed by atoms with E-state index in [0.29, 0.717) is 11.7 Å². The van der Waals surface area contributed by atoms with E-state index in [1.807, 2.05) is 41.9 Å². The number of nitrogens with two attached hydrogens (primary N) is 1. The lowest BCUT2D eigenvalue weighted by Crippen LogP contribution is -2.07. The Bertz CT molecular complexity index is 477. The van der Waals surface area contributed by atoms with E-state index in [1.165, 1.54) is 0 Å². The molecule has 2 N–H and O–H groups in total. The van der Waals surface area contributed by atoms with Crippen molar-refractivity contribution in [1.29, 1.82) is 0 Å². The molecule has 1 aromatic carbocycles. The normalized spacial score (nSPS) is 10.7. The van der Waals surface area contributed by atoms with E-state index in [1.54, 1.807) is 0 Å². The van der Waals surface area contributed by atoms with Crippen LogP contribution in [0.15, 0.2) is 30.3 Å². The van der Waals surface area contributed by atoms with E-state index in [0.717, 1.165) is 23.5 Å². The lowest BCUT2D eigenvalue weighted by Gasteiger charge is -2.04. The summed E-state index contributed by atoms with van der Waals surface area (Å²) in [5.74, 6) is 0.883. The standard InChI is InChI=1S/C12H14ClN3/c1-16-10(7-8-14)11(13)15-12(16)9-5-3-2-4-6-9/h2-6H,7-8,14H2,1H3. The van der Waals surface area contributed by atoms with Gasteiger partial charge in [0.1, 0.15) is 5.82 Å². The van der Waals surface area contributed by atoms with Crippen LogP contribution in [0.4, 0.5) is 0 Å². The number of hydrogen-bond donors (Lipinski definition) is 1. The Balaban J connectivity index is 2.47. The maximum absolute atomic E-state index is 6.09. The summed E-state index contributed by atoms with van der Waals surface area (Å²) in [5, 5.41) is 0.548. The fourth-order valence-electron chi connectivity index (χ4n) is 1.75. The van der Waals surface area contributed by atoms with Gasteiger partial charge in [0.25, 0.3) is 0 Å². The summed E-state index contributed by atoms with van der Waals surface area (Å²) in [6.45, 7) is 0.577. The number of halogens is 1. The highest BCUT2D eigenvalue weighted by atomic mass is 35.5. The summed E-state index contributed by atoms with van der Waals surface area (Å²) < 4.78 is 2.00. The Morgan fingerprint density at radius 3 is 2.62 bits per heavy atom. The predicted octanol–water partition coefficient (Wildman–Crippen LogP) is 2.24. The highest BCUT2D eigenvalue weighted by molar-refractivity contribution is 6.30. The smallest absolute Gasteiger partial charge is 0.151 e. The van der Waals surface area contributed by atoms with E-state index in [-0.39, 0.29) is 0 Å². The molecule has 16 heavy (non-hydrogen) atoms. The molecule has 0 unspecified atom stereocenters. The first-order chi connectivity index (χ1) is 7.74. The third-order valence-electron chi connectivity index (χ3n) is 2.58. The maximum atomic E-state index is 6.09. The zero-order valence-corrected chi connectivity index (χ0v) is 9.91. The summed E-state index contributed by atoms with van der Waals surface area (Å²) in [6, 6.07) is 9.99. The van der Waals surface area contributed by atoms with Crippen LogP contribution in [0.25, 0.3) is 11.4 Å². The van der Waals surface area contributed by atoms with Crippen molar-refractivity contribution in [3.05, 3.63) is 41.2 Å². The van der Waals surface area contributed by atoms with Crippen LogP contribution in [0, 0.1) is 0 Å². The van der Waals surface area contributed by atoms with Crippen LogP contribution < -0.4 is 5.73 Å². The van der Waals surface area contributed by atoms with Crippen LogP contribution in [0.1, 0.15) is 5.69 Å². The highest BCUT2D eigenvalue weighted by Crippen LogP contribution is 2.24. The molecule has 1 heterocycles. The first-order valence-corrected chi connectivity index (χ1v) is 5.58. The molecule has 0 saturated heterocycles. The minimum absolute atomic E-state index is 0.548.